The average molecular weight is 395 g/mol. The number of sulfonamides is 1. The normalized spacial score (nSPS) is 23.4. The molecule has 2 fully saturated rings. The molecule has 0 unspecified atom stereocenters. The molecular formula is C21H34N2O3S. The van der Waals surface area contributed by atoms with Gasteiger partial charge in [0.15, 0.2) is 0 Å². The molecule has 0 bridgehead atoms. The van der Waals surface area contributed by atoms with Gasteiger partial charge in [-0.3, -0.25) is 0 Å². The molecular weight excluding hydrogens is 360 g/mol. The molecule has 1 aromatic rings. The van der Waals surface area contributed by atoms with E-state index in [1.165, 1.54) is 18.4 Å². The Morgan fingerprint density at radius 2 is 1.74 bits per heavy atom. The van der Waals surface area contributed by atoms with Crippen LogP contribution in [0.4, 0.5) is 5.69 Å². The minimum absolute atomic E-state index is 0.0956. The molecule has 2 aliphatic carbocycles. The Kier molecular flexibility index (Phi) is 6.69. The van der Waals surface area contributed by atoms with Gasteiger partial charge in [0.2, 0.25) is 10.0 Å². The van der Waals surface area contributed by atoms with E-state index < -0.39 is 10.0 Å². The summed E-state index contributed by atoms with van der Waals surface area (Å²) in [6.45, 7) is 7.34. The summed E-state index contributed by atoms with van der Waals surface area (Å²) in [6, 6.07) is 6.37. The third-order valence-corrected chi connectivity index (χ3v) is 7.66. The monoisotopic (exact) mass is 394 g/mol. The van der Waals surface area contributed by atoms with Gasteiger partial charge >= 0.3 is 0 Å². The highest BCUT2D eigenvalue weighted by molar-refractivity contribution is 7.90. The second-order valence-corrected chi connectivity index (χ2v) is 10.8. The zero-order chi connectivity index (χ0) is 19.4. The van der Waals surface area contributed by atoms with Crippen molar-refractivity contribution in [1.29, 1.82) is 0 Å². The summed E-state index contributed by atoms with van der Waals surface area (Å²) in [5.74, 6) is 2.32. The summed E-state index contributed by atoms with van der Waals surface area (Å²) >= 11 is 0. The van der Waals surface area contributed by atoms with Crippen LogP contribution in [0.2, 0.25) is 0 Å². The van der Waals surface area contributed by atoms with Crippen molar-refractivity contribution < 1.29 is 13.2 Å². The van der Waals surface area contributed by atoms with Crippen molar-refractivity contribution in [3.05, 3.63) is 23.8 Å². The lowest BCUT2D eigenvalue weighted by molar-refractivity contribution is 0.299. The Morgan fingerprint density at radius 1 is 1.07 bits per heavy atom. The second kappa shape index (κ2) is 8.82. The van der Waals surface area contributed by atoms with Gasteiger partial charge in [-0.25, -0.2) is 13.1 Å². The number of nitrogens with one attached hydrogen (secondary N) is 2. The SMILES string of the molecule is Cc1cc(OCC2CC2)ccc1NCC1CCC(NS(=O)(=O)C(C)C)CC1. The van der Waals surface area contributed by atoms with Crippen LogP contribution in [0.1, 0.15) is 57.9 Å². The van der Waals surface area contributed by atoms with Crippen molar-refractivity contribution in [3.8, 4) is 5.75 Å². The highest BCUT2D eigenvalue weighted by Crippen LogP contribution is 2.31. The van der Waals surface area contributed by atoms with Gasteiger partial charge < -0.3 is 10.1 Å². The first-order valence-corrected chi connectivity index (χ1v) is 11.9. The molecule has 2 saturated carbocycles. The van der Waals surface area contributed by atoms with Gasteiger partial charge in [0.25, 0.3) is 0 Å². The Morgan fingerprint density at radius 3 is 2.33 bits per heavy atom. The molecule has 0 spiro atoms. The molecule has 5 nitrogen and oxygen atoms in total. The van der Waals surface area contributed by atoms with Gasteiger partial charge in [0.05, 0.1) is 11.9 Å². The molecule has 0 amide bonds. The average Bonchev–Trinajstić information content (AvgIpc) is 3.44. The van der Waals surface area contributed by atoms with E-state index in [9.17, 15) is 8.42 Å². The minimum atomic E-state index is -3.16. The van der Waals surface area contributed by atoms with E-state index in [0.29, 0.717) is 5.92 Å². The first-order chi connectivity index (χ1) is 12.8. The van der Waals surface area contributed by atoms with Crippen molar-refractivity contribution in [1.82, 2.24) is 4.72 Å². The van der Waals surface area contributed by atoms with E-state index in [1.54, 1.807) is 13.8 Å². The first kappa shape index (κ1) is 20.5. The minimum Gasteiger partial charge on any atom is -0.493 e. The van der Waals surface area contributed by atoms with Crippen LogP contribution in [0.15, 0.2) is 18.2 Å². The molecule has 0 heterocycles. The zero-order valence-electron chi connectivity index (χ0n) is 16.8. The molecule has 152 valence electrons. The lowest BCUT2D eigenvalue weighted by Crippen LogP contribution is -2.41. The van der Waals surface area contributed by atoms with Crippen LogP contribution in [-0.4, -0.2) is 32.9 Å². The summed E-state index contributed by atoms with van der Waals surface area (Å²) in [5, 5.41) is 3.21. The lowest BCUT2D eigenvalue weighted by Gasteiger charge is -2.30. The number of anilines is 1. The Labute approximate surface area is 164 Å². The smallest absolute Gasteiger partial charge is 0.214 e. The standard InChI is InChI=1S/C21H34N2O3S/c1-15(2)27(24,25)23-19-8-6-17(7-9-19)13-22-21-11-10-20(12-16(21)3)26-14-18-4-5-18/h10-12,15,17-19,22-23H,4-9,13-14H2,1-3H3. The summed E-state index contributed by atoms with van der Waals surface area (Å²) < 4.78 is 32.7. The molecule has 0 saturated heterocycles. The van der Waals surface area contributed by atoms with Gasteiger partial charge in [0, 0.05) is 18.3 Å². The van der Waals surface area contributed by atoms with Gasteiger partial charge in [-0.2, -0.15) is 0 Å². The fourth-order valence-corrected chi connectivity index (χ4v) is 4.50. The first-order valence-electron chi connectivity index (χ1n) is 10.3. The molecule has 27 heavy (non-hydrogen) atoms. The van der Waals surface area contributed by atoms with E-state index in [4.69, 9.17) is 4.74 Å². The van der Waals surface area contributed by atoms with Crippen molar-refractivity contribution in [3.63, 3.8) is 0 Å². The molecule has 2 N–H and O–H groups in total. The summed E-state index contributed by atoms with van der Waals surface area (Å²) in [6.07, 6.45) is 6.57. The zero-order valence-corrected chi connectivity index (χ0v) is 17.6. The number of benzene rings is 1. The Bertz CT molecular complexity index is 721. The van der Waals surface area contributed by atoms with Crippen molar-refractivity contribution in [2.75, 3.05) is 18.5 Å². The van der Waals surface area contributed by atoms with E-state index >= 15 is 0 Å². The fourth-order valence-electron chi connectivity index (χ4n) is 3.53. The van der Waals surface area contributed by atoms with Crippen LogP contribution in [-0.2, 0) is 10.0 Å². The Balaban J connectivity index is 1.42. The number of hydrogen-bond donors (Lipinski definition) is 2. The fraction of sp³-hybridized carbons (Fsp3) is 0.714. The predicted octanol–water partition coefficient (Wildman–Crippen LogP) is 4.08. The van der Waals surface area contributed by atoms with Gasteiger partial charge in [-0.15, -0.1) is 0 Å². The third-order valence-electron chi connectivity index (χ3n) is 5.76. The van der Waals surface area contributed by atoms with Gasteiger partial charge in [-0.05, 0) is 94.9 Å². The van der Waals surface area contributed by atoms with Gasteiger partial charge in [0.1, 0.15) is 5.75 Å². The molecule has 0 aromatic heterocycles. The predicted molar refractivity (Wildman–Crippen MR) is 111 cm³/mol. The maximum atomic E-state index is 12.0. The van der Waals surface area contributed by atoms with Crippen molar-refractivity contribution in [2.45, 2.75) is 70.6 Å². The molecule has 0 atom stereocenters. The van der Waals surface area contributed by atoms with Crippen molar-refractivity contribution in [2.24, 2.45) is 11.8 Å². The van der Waals surface area contributed by atoms with E-state index in [-0.39, 0.29) is 11.3 Å². The number of aryl methyl sites for hydroxylation is 1. The Hall–Kier alpha value is -1.27. The summed E-state index contributed by atoms with van der Waals surface area (Å²) in [5.41, 5.74) is 2.37. The molecule has 2 aliphatic rings. The largest absolute Gasteiger partial charge is 0.493 e. The molecule has 3 rings (SSSR count). The van der Waals surface area contributed by atoms with Crippen LogP contribution in [0, 0.1) is 18.8 Å². The lowest BCUT2D eigenvalue weighted by atomic mass is 9.86. The summed E-state index contributed by atoms with van der Waals surface area (Å²) in [4.78, 5) is 0. The van der Waals surface area contributed by atoms with Gasteiger partial charge in [-0.1, -0.05) is 0 Å². The highest BCUT2D eigenvalue weighted by Gasteiger charge is 2.26. The maximum absolute atomic E-state index is 12.0. The second-order valence-electron chi connectivity index (χ2n) is 8.54. The highest BCUT2D eigenvalue weighted by atomic mass is 32.2. The van der Waals surface area contributed by atoms with E-state index in [2.05, 4.69) is 35.2 Å². The number of ether oxygens (including phenoxy) is 1. The maximum Gasteiger partial charge on any atom is 0.214 e. The van der Waals surface area contributed by atoms with Crippen LogP contribution in [0.3, 0.4) is 0 Å². The summed E-state index contributed by atoms with van der Waals surface area (Å²) in [7, 11) is -3.16. The quantitative estimate of drug-likeness (QED) is 0.662. The topological polar surface area (TPSA) is 67.4 Å². The van der Waals surface area contributed by atoms with Crippen molar-refractivity contribution >= 4 is 15.7 Å². The molecule has 1 aromatic carbocycles. The van der Waals surface area contributed by atoms with E-state index in [1.807, 2.05) is 0 Å². The molecule has 6 heteroatoms. The third kappa shape index (κ3) is 6.11. The number of hydrogen-bond acceptors (Lipinski definition) is 4. The molecule has 0 aliphatic heterocycles. The van der Waals surface area contributed by atoms with Crippen LogP contribution in [0.5, 0.6) is 5.75 Å². The van der Waals surface area contributed by atoms with E-state index in [0.717, 1.165) is 56.2 Å². The molecule has 0 radical (unpaired) electrons. The number of rotatable bonds is 9. The van der Waals surface area contributed by atoms with Crippen LogP contribution >= 0.6 is 0 Å². The van der Waals surface area contributed by atoms with Crippen LogP contribution < -0.4 is 14.8 Å². The van der Waals surface area contributed by atoms with Crippen LogP contribution in [0.25, 0.3) is 0 Å².